The van der Waals surface area contributed by atoms with Gasteiger partial charge in [0.25, 0.3) is 15.9 Å². The van der Waals surface area contributed by atoms with Crippen molar-refractivity contribution in [2.75, 3.05) is 16.6 Å². The fourth-order valence-corrected chi connectivity index (χ4v) is 4.13. The number of anilines is 2. The summed E-state index contributed by atoms with van der Waals surface area (Å²) in [5.74, 6) is -2.48. The minimum atomic E-state index is -4.13. The standard InChI is InChI=1S/C24H22FN3O6S/c1-15-7-12-20(16(2)13-15)26-24(31)27-22(29)14-34-23(30)19-5-3-4-6-21(19)28-35(32,33)18-10-8-17(25)9-11-18/h3-13,28H,14H2,1-2H3,(H2,26,27,29,31). The van der Waals surface area contributed by atoms with Crippen molar-refractivity contribution in [2.45, 2.75) is 18.7 Å². The molecule has 3 aromatic carbocycles. The molecule has 0 fully saturated rings. The van der Waals surface area contributed by atoms with Gasteiger partial charge in [0.1, 0.15) is 5.82 Å². The van der Waals surface area contributed by atoms with Gasteiger partial charge in [0.2, 0.25) is 0 Å². The summed E-state index contributed by atoms with van der Waals surface area (Å²) in [5.41, 5.74) is 2.07. The molecule has 0 bridgehead atoms. The van der Waals surface area contributed by atoms with E-state index in [4.69, 9.17) is 4.74 Å². The van der Waals surface area contributed by atoms with Gasteiger partial charge in [-0.15, -0.1) is 0 Å². The van der Waals surface area contributed by atoms with Crippen LogP contribution in [0.25, 0.3) is 0 Å². The fourth-order valence-electron chi connectivity index (χ4n) is 3.05. The highest BCUT2D eigenvalue weighted by atomic mass is 32.2. The van der Waals surface area contributed by atoms with E-state index >= 15 is 0 Å². The van der Waals surface area contributed by atoms with Gasteiger partial charge in [-0.1, -0.05) is 29.8 Å². The zero-order valence-corrected chi connectivity index (χ0v) is 19.6. The van der Waals surface area contributed by atoms with Gasteiger partial charge in [0, 0.05) is 5.69 Å². The number of amides is 3. The zero-order valence-electron chi connectivity index (χ0n) is 18.8. The molecule has 3 aromatic rings. The largest absolute Gasteiger partial charge is 0.452 e. The highest BCUT2D eigenvalue weighted by Crippen LogP contribution is 2.21. The van der Waals surface area contributed by atoms with Crippen LogP contribution in [0, 0.1) is 19.7 Å². The third-order valence-electron chi connectivity index (χ3n) is 4.73. The van der Waals surface area contributed by atoms with E-state index in [1.807, 2.05) is 18.3 Å². The van der Waals surface area contributed by atoms with Crippen LogP contribution < -0.4 is 15.4 Å². The van der Waals surface area contributed by atoms with Crippen LogP contribution in [0.15, 0.2) is 71.6 Å². The van der Waals surface area contributed by atoms with Crippen molar-refractivity contribution in [3.8, 4) is 0 Å². The lowest BCUT2D eigenvalue weighted by Crippen LogP contribution is -2.37. The molecule has 11 heteroatoms. The molecule has 0 heterocycles. The van der Waals surface area contributed by atoms with Gasteiger partial charge >= 0.3 is 12.0 Å². The molecule has 0 saturated heterocycles. The van der Waals surface area contributed by atoms with Crippen molar-refractivity contribution in [3.63, 3.8) is 0 Å². The molecule has 0 aliphatic rings. The maximum atomic E-state index is 13.1. The summed E-state index contributed by atoms with van der Waals surface area (Å²) in [4.78, 5) is 36.4. The summed E-state index contributed by atoms with van der Waals surface area (Å²) in [6.07, 6.45) is 0. The summed E-state index contributed by atoms with van der Waals surface area (Å²) >= 11 is 0. The average molecular weight is 500 g/mol. The van der Waals surface area contributed by atoms with Crippen LogP contribution in [0.2, 0.25) is 0 Å². The molecular weight excluding hydrogens is 477 g/mol. The summed E-state index contributed by atoms with van der Waals surface area (Å²) in [6, 6.07) is 14.3. The summed E-state index contributed by atoms with van der Waals surface area (Å²) in [6.45, 7) is 2.92. The number of urea groups is 1. The first-order valence-electron chi connectivity index (χ1n) is 10.3. The van der Waals surface area contributed by atoms with Crippen molar-refractivity contribution in [2.24, 2.45) is 0 Å². The van der Waals surface area contributed by atoms with Crippen molar-refractivity contribution < 1.29 is 31.9 Å². The van der Waals surface area contributed by atoms with Crippen molar-refractivity contribution in [3.05, 3.63) is 89.2 Å². The first kappa shape index (κ1) is 25.4. The first-order valence-corrected chi connectivity index (χ1v) is 11.8. The molecule has 0 atom stereocenters. The van der Waals surface area contributed by atoms with Gasteiger partial charge in [-0.25, -0.2) is 22.4 Å². The van der Waals surface area contributed by atoms with Crippen LogP contribution >= 0.6 is 0 Å². The Labute approximate surface area is 201 Å². The van der Waals surface area contributed by atoms with E-state index in [9.17, 15) is 27.2 Å². The quantitative estimate of drug-likeness (QED) is 0.425. The molecule has 35 heavy (non-hydrogen) atoms. The topological polar surface area (TPSA) is 131 Å². The van der Waals surface area contributed by atoms with Gasteiger partial charge in [0.15, 0.2) is 6.61 Å². The molecule has 0 radical (unpaired) electrons. The van der Waals surface area contributed by atoms with Crippen LogP contribution in [0.5, 0.6) is 0 Å². The number of carbonyl (C=O) groups excluding carboxylic acids is 3. The summed E-state index contributed by atoms with van der Waals surface area (Å²) in [7, 11) is -4.13. The fraction of sp³-hybridized carbons (Fsp3) is 0.125. The number of esters is 1. The molecule has 3 N–H and O–H groups in total. The minimum absolute atomic E-state index is 0.102. The predicted octanol–water partition coefficient (Wildman–Crippen LogP) is 3.75. The number of nitrogens with one attached hydrogen (secondary N) is 3. The summed E-state index contributed by atoms with van der Waals surface area (Å²) < 4.78 is 45.4. The summed E-state index contributed by atoms with van der Waals surface area (Å²) in [5, 5.41) is 4.58. The number of benzene rings is 3. The lowest BCUT2D eigenvalue weighted by Gasteiger charge is -2.13. The lowest BCUT2D eigenvalue weighted by molar-refractivity contribution is -0.123. The SMILES string of the molecule is Cc1ccc(NC(=O)NC(=O)COC(=O)c2ccccc2NS(=O)(=O)c2ccc(F)cc2)c(C)c1. The molecule has 0 aliphatic heterocycles. The molecule has 0 aromatic heterocycles. The Morgan fingerprint density at radius 1 is 0.914 bits per heavy atom. The number of rotatable bonds is 7. The molecule has 9 nitrogen and oxygen atoms in total. The Bertz CT molecular complexity index is 1370. The third-order valence-corrected chi connectivity index (χ3v) is 6.11. The Kier molecular flexibility index (Phi) is 7.82. The van der Waals surface area contributed by atoms with Crippen LogP contribution in [0.3, 0.4) is 0 Å². The van der Waals surface area contributed by atoms with Gasteiger partial charge in [-0.3, -0.25) is 14.8 Å². The predicted molar refractivity (Wildman–Crippen MR) is 127 cm³/mol. The molecule has 0 unspecified atom stereocenters. The van der Waals surface area contributed by atoms with E-state index in [0.717, 1.165) is 35.4 Å². The van der Waals surface area contributed by atoms with Gasteiger partial charge in [0.05, 0.1) is 16.1 Å². The number of sulfonamides is 1. The smallest absolute Gasteiger partial charge is 0.340 e. The third kappa shape index (κ3) is 6.87. The van der Waals surface area contributed by atoms with Crippen LogP contribution in [0.1, 0.15) is 21.5 Å². The number of hydrogen-bond acceptors (Lipinski definition) is 6. The molecule has 3 amide bonds. The molecule has 3 rings (SSSR count). The van der Waals surface area contributed by atoms with Gasteiger partial charge in [-0.05, 0) is 61.9 Å². The van der Waals surface area contributed by atoms with E-state index in [2.05, 4.69) is 10.0 Å². The minimum Gasteiger partial charge on any atom is -0.452 e. The van der Waals surface area contributed by atoms with Crippen LogP contribution in [0.4, 0.5) is 20.6 Å². The number of imide groups is 1. The monoisotopic (exact) mass is 499 g/mol. The lowest BCUT2D eigenvalue weighted by atomic mass is 10.1. The second-order valence-corrected chi connectivity index (χ2v) is 9.18. The number of aryl methyl sites for hydroxylation is 2. The number of para-hydroxylation sites is 1. The van der Waals surface area contributed by atoms with E-state index in [-0.39, 0.29) is 16.1 Å². The van der Waals surface area contributed by atoms with Crippen molar-refractivity contribution in [1.29, 1.82) is 0 Å². The number of hydrogen-bond donors (Lipinski definition) is 3. The Balaban J connectivity index is 1.60. The van der Waals surface area contributed by atoms with Gasteiger partial charge < -0.3 is 10.1 Å². The Morgan fingerprint density at radius 2 is 1.60 bits per heavy atom. The zero-order chi connectivity index (χ0) is 25.6. The van der Waals surface area contributed by atoms with E-state index in [1.54, 1.807) is 19.1 Å². The van der Waals surface area contributed by atoms with E-state index in [1.165, 1.54) is 24.3 Å². The molecule has 182 valence electrons. The average Bonchev–Trinajstić information content (AvgIpc) is 2.80. The maximum absolute atomic E-state index is 13.1. The van der Waals surface area contributed by atoms with Crippen molar-refractivity contribution >= 4 is 39.3 Å². The normalized spacial score (nSPS) is 10.8. The second-order valence-electron chi connectivity index (χ2n) is 7.50. The Morgan fingerprint density at radius 3 is 2.29 bits per heavy atom. The number of carbonyl (C=O) groups is 3. The van der Waals surface area contributed by atoms with Gasteiger partial charge in [-0.2, -0.15) is 0 Å². The van der Waals surface area contributed by atoms with E-state index in [0.29, 0.717) is 5.69 Å². The highest BCUT2D eigenvalue weighted by Gasteiger charge is 2.20. The highest BCUT2D eigenvalue weighted by molar-refractivity contribution is 7.92. The molecule has 0 aliphatic carbocycles. The Hall–Kier alpha value is -4.25. The number of ether oxygens (including phenoxy) is 1. The van der Waals surface area contributed by atoms with Crippen LogP contribution in [-0.2, 0) is 19.6 Å². The molecule has 0 saturated carbocycles. The number of halogens is 1. The van der Waals surface area contributed by atoms with Crippen LogP contribution in [-0.4, -0.2) is 32.9 Å². The first-order chi connectivity index (χ1) is 16.5. The van der Waals surface area contributed by atoms with E-state index < -0.39 is 40.4 Å². The molecule has 0 spiro atoms. The maximum Gasteiger partial charge on any atom is 0.340 e. The second kappa shape index (κ2) is 10.8. The van der Waals surface area contributed by atoms with Crippen molar-refractivity contribution in [1.82, 2.24) is 5.32 Å². The molecular formula is C24H22FN3O6S.